The number of imidazole rings is 1. The van der Waals surface area contributed by atoms with Crippen LogP contribution >= 0.6 is 15.9 Å². The molecule has 1 aromatic heterocycles. The fourth-order valence-corrected chi connectivity index (χ4v) is 2.31. The molecule has 1 heterocycles. The van der Waals surface area contributed by atoms with Gasteiger partial charge in [0.05, 0.1) is 14.2 Å². The van der Waals surface area contributed by atoms with Gasteiger partial charge in [-0.05, 0) is 41.1 Å². The summed E-state index contributed by atoms with van der Waals surface area (Å²) < 4.78 is 13.5. The number of ether oxygens (including phenoxy) is 2. The number of rotatable bonds is 3. The molecule has 4 nitrogen and oxygen atoms in total. The Morgan fingerprint density at radius 2 is 1.94 bits per heavy atom. The third-order valence-electron chi connectivity index (χ3n) is 2.91. The van der Waals surface area contributed by atoms with Crippen LogP contribution in [-0.4, -0.2) is 23.8 Å². The van der Waals surface area contributed by atoms with Crippen molar-refractivity contribution in [1.29, 1.82) is 0 Å². The number of aryl methyl sites for hydroxylation is 1. The van der Waals surface area contributed by atoms with Crippen LogP contribution in [0.25, 0.3) is 11.3 Å². The molecule has 0 aliphatic carbocycles. The first kappa shape index (κ1) is 13.0. The van der Waals surface area contributed by atoms with Crippen LogP contribution in [0, 0.1) is 6.92 Å². The molecule has 96 valence electrons. The van der Waals surface area contributed by atoms with Gasteiger partial charge in [-0.15, -0.1) is 0 Å². The molecular formula is C13H15BrN2O2. The molecule has 0 aliphatic heterocycles. The molecule has 0 saturated carbocycles. The summed E-state index contributed by atoms with van der Waals surface area (Å²) in [6.07, 6.45) is 0. The van der Waals surface area contributed by atoms with Crippen molar-refractivity contribution in [3.05, 3.63) is 28.6 Å². The number of nitrogens with zero attached hydrogens (tertiary/aromatic N) is 2. The third-order valence-corrected chi connectivity index (χ3v) is 3.82. The highest BCUT2D eigenvalue weighted by atomic mass is 79.9. The fraction of sp³-hybridized carbons (Fsp3) is 0.308. The smallest absolute Gasteiger partial charge is 0.128 e. The maximum absolute atomic E-state index is 5.38. The van der Waals surface area contributed by atoms with Gasteiger partial charge in [0.15, 0.2) is 0 Å². The van der Waals surface area contributed by atoms with Crippen molar-refractivity contribution >= 4 is 15.9 Å². The molecule has 0 N–H and O–H groups in total. The zero-order valence-corrected chi connectivity index (χ0v) is 12.4. The Morgan fingerprint density at radius 3 is 2.44 bits per heavy atom. The zero-order valence-electron chi connectivity index (χ0n) is 10.8. The van der Waals surface area contributed by atoms with E-state index >= 15 is 0 Å². The van der Waals surface area contributed by atoms with E-state index in [1.54, 1.807) is 14.2 Å². The number of hydrogen-bond acceptors (Lipinski definition) is 3. The van der Waals surface area contributed by atoms with Gasteiger partial charge >= 0.3 is 0 Å². The van der Waals surface area contributed by atoms with Gasteiger partial charge in [-0.3, -0.25) is 0 Å². The Hall–Kier alpha value is -1.49. The number of hydrogen-bond donors (Lipinski definition) is 0. The lowest BCUT2D eigenvalue weighted by Crippen LogP contribution is -1.92. The van der Waals surface area contributed by atoms with Crippen molar-refractivity contribution in [2.75, 3.05) is 14.2 Å². The lowest BCUT2D eigenvalue weighted by atomic mass is 10.1. The molecule has 18 heavy (non-hydrogen) atoms. The first-order chi connectivity index (χ1) is 8.58. The van der Waals surface area contributed by atoms with Crippen LogP contribution in [0.3, 0.4) is 0 Å². The molecule has 0 atom stereocenters. The maximum Gasteiger partial charge on any atom is 0.128 e. The van der Waals surface area contributed by atoms with Crippen LogP contribution in [0.2, 0.25) is 0 Å². The quantitative estimate of drug-likeness (QED) is 0.873. The number of methoxy groups -OCH3 is 2. The molecule has 5 heteroatoms. The van der Waals surface area contributed by atoms with Crippen LogP contribution in [-0.2, 0) is 7.05 Å². The summed E-state index contributed by atoms with van der Waals surface area (Å²) in [7, 11) is 5.25. The molecule has 0 aliphatic rings. The third kappa shape index (κ3) is 2.10. The van der Waals surface area contributed by atoms with E-state index < -0.39 is 0 Å². The second-order valence-corrected chi connectivity index (χ2v) is 4.67. The largest absolute Gasteiger partial charge is 0.497 e. The first-order valence-electron chi connectivity index (χ1n) is 5.49. The molecule has 0 spiro atoms. The zero-order chi connectivity index (χ0) is 13.3. The lowest BCUT2D eigenvalue weighted by Gasteiger charge is -2.09. The summed E-state index contributed by atoms with van der Waals surface area (Å²) in [6, 6.07) is 5.67. The highest BCUT2D eigenvalue weighted by Gasteiger charge is 2.16. The topological polar surface area (TPSA) is 36.3 Å². The Balaban J connectivity index is 2.64. The van der Waals surface area contributed by atoms with Gasteiger partial charge in [0.1, 0.15) is 27.6 Å². The SMILES string of the molecule is COc1ccc(OC)c(-c2nc(C)n(C)c2Br)c1. The van der Waals surface area contributed by atoms with Gasteiger partial charge in [0, 0.05) is 12.6 Å². The van der Waals surface area contributed by atoms with Crippen molar-refractivity contribution < 1.29 is 9.47 Å². The lowest BCUT2D eigenvalue weighted by molar-refractivity contribution is 0.404. The van der Waals surface area contributed by atoms with Crippen LogP contribution in [0.15, 0.2) is 22.8 Å². The highest BCUT2D eigenvalue weighted by Crippen LogP contribution is 2.36. The van der Waals surface area contributed by atoms with E-state index in [2.05, 4.69) is 20.9 Å². The average molecular weight is 311 g/mol. The van der Waals surface area contributed by atoms with Crippen molar-refractivity contribution in [2.45, 2.75) is 6.92 Å². The van der Waals surface area contributed by atoms with Crippen molar-refractivity contribution in [1.82, 2.24) is 9.55 Å². The molecule has 0 fully saturated rings. The summed E-state index contributed by atoms with van der Waals surface area (Å²) in [4.78, 5) is 4.54. The summed E-state index contributed by atoms with van der Waals surface area (Å²) in [5.41, 5.74) is 1.76. The Morgan fingerprint density at radius 1 is 1.22 bits per heavy atom. The predicted octanol–water partition coefficient (Wildman–Crippen LogP) is 3.18. The molecule has 0 unspecified atom stereocenters. The maximum atomic E-state index is 5.38. The Labute approximate surface area is 115 Å². The van der Waals surface area contributed by atoms with Crippen LogP contribution < -0.4 is 9.47 Å². The van der Waals surface area contributed by atoms with E-state index in [-0.39, 0.29) is 0 Å². The summed E-state index contributed by atoms with van der Waals surface area (Å²) in [6.45, 7) is 1.96. The van der Waals surface area contributed by atoms with Gasteiger partial charge in [-0.2, -0.15) is 0 Å². The monoisotopic (exact) mass is 310 g/mol. The van der Waals surface area contributed by atoms with Gasteiger partial charge in [0.2, 0.25) is 0 Å². The Bertz CT molecular complexity index is 579. The van der Waals surface area contributed by atoms with Gasteiger partial charge in [-0.25, -0.2) is 4.98 Å². The first-order valence-corrected chi connectivity index (χ1v) is 6.29. The van der Waals surface area contributed by atoms with Crippen molar-refractivity contribution in [2.24, 2.45) is 7.05 Å². The van der Waals surface area contributed by atoms with Crippen molar-refractivity contribution in [3.8, 4) is 22.8 Å². The molecule has 2 rings (SSSR count). The molecular weight excluding hydrogens is 296 g/mol. The second-order valence-electron chi connectivity index (χ2n) is 3.92. The van der Waals surface area contributed by atoms with E-state index in [1.165, 1.54) is 0 Å². The summed E-state index contributed by atoms with van der Waals surface area (Å²) in [5.74, 6) is 2.48. The number of halogens is 1. The standard InChI is InChI=1S/C13H15BrN2O2/c1-8-15-12(13(14)16(8)2)10-7-9(17-3)5-6-11(10)18-4/h5-7H,1-4H3. The van der Waals surface area contributed by atoms with E-state index in [9.17, 15) is 0 Å². The molecule has 0 bridgehead atoms. The number of aromatic nitrogens is 2. The average Bonchev–Trinajstić information content (AvgIpc) is 2.65. The predicted molar refractivity (Wildman–Crippen MR) is 74.2 cm³/mol. The van der Waals surface area contributed by atoms with E-state index in [0.29, 0.717) is 0 Å². The Kier molecular flexibility index (Phi) is 3.61. The molecule has 0 radical (unpaired) electrons. The minimum Gasteiger partial charge on any atom is -0.497 e. The molecule has 2 aromatic rings. The molecule has 1 aromatic carbocycles. The second kappa shape index (κ2) is 5.02. The minimum absolute atomic E-state index is 0.773. The fourth-order valence-electron chi connectivity index (χ4n) is 1.75. The van der Waals surface area contributed by atoms with Gasteiger partial charge < -0.3 is 14.0 Å². The number of benzene rings is 1. The van der Waals surface area contributed by atoms with Crippen LogP contribution in [0.5, 0.6) is 11.5 Å². The summed E-state index contributed by atoms with van der Waals surface area (Å²) in [5, 5.41) is 0. The summed E-state index contributed by atoms with van der Waals surface area (Å²) >= 11 is 3.55. The van der Waals surface area contributed by atoms with Gasteiger partial charge in [0.25, 0.3) is 0 Å². The molecule has 0 amide bonds. The molecule has 0 saturated heterocycles. The highest BCUT2D eigenvalue weighted by molar-refractivity contribution is 9.10. The van der Waals surface area contributed by atoms with Gasteiger partial charge in [-0.1, -0.05) is 0 Å². The van der Waals surface area contributed by atoms with E-state index in [0.717, 1.165) is 33.2 Å². The van der Waals surface area contributed by atoms with Crippen LogP contribution in [0.1, 0.15) is 5.82 Å². The van der Waals surface area contributed by atoms with E-state index in [1.807, 2.05) is 36.7 Å². The normalized spacial score (nSPS) is 10.5. The minimum atomic E-state index is 0.773. The van der Waals surface area contributed by atoms with E-state index in [4.69, 9.17) is 9.47 Å². The van der Waals surface area contributed by atoms with Crippen molar-refractivity contribution in [3.63, 3.8) is 0 Å². The van der Waals surface area contributed by atoms with Crippen LogP contribution in [0.4, 0.5) is 0 Å².